The number of hydrogen-bond donors (Lipinski definition) is 2. The first kappa shape index (κ1) is 12.2. The molecule has 0 aliphatic heterocycles. The summed E-state index contributed by atoms with van der Waals surface area (Å²) in [6.07, 6.45) is 4.32. The number of hydrogen-bond acceptors (Lipinski definition) is 7. The first-order valence-corrected chi connectivity index (χ1v) is 5.58. The molecule has 0 aliphatic rings. The monoisotopic (exact) mass is 248 g/mol. The van der Waals surface area contributed by atoms with Crippen LogP contribution in [0.1, 0.15) is 12.7 Å². The molecule has 2 aromatic rings. The molecule has 0 fully saturated rings. The van der Waals surface area contributed by atoms with Crippen molar-refractivity contribution in [3.05, 3.63) is 18.2 Å². The summed E-state index contributed by atoms with van der Waals surface area (Å²) in [5, 5.41) is 0. The highest BCUT2D eigenvalue weighted by molar-refractivity contribution is 5.38. The lowest BCUT2D eigenvalue weighted by atomic mass is 10.4. The second kappa shape index (κ2) is 4.96. The summed E-state index contributed by atoms with van der Waals surface area (Å²) in [6.45, 7) is 2.02. The smallest absolute Gasteiger partial charge is 0.243 e. The topological polar surface area (TPSA) is 97.8 Å². The van der Waals surface area contributed by atoms with E-state index in [-0.39, 0.29) is 0 Å². The Labute approximate surface area is 105 Å². The fourth-order valence-corrected chi connectivity index (χ4v) is 1.50. The molecule has 0 saturated carbocycles. The molecular formula is C10H16N8. The lowest BCUT2D eigenvalue weighted by molar-refractivity contribution is 0.815. The number of aromatic nitrogens is 5. The number of nitrogens with two attached hydrogens (primary N) is 1. The van der Waals surface area contributed by atoms with Gasteiger partial charge in [0.05, 0.1) is 0 Å². The minimum atomic E-state index is 0.319. The van der Waals surface area contributed by atoms with Crippen LogP contribution in [0.5, 0.6) is 0 Å². The van der Waals surface area contributed by atoms with Gasteiger partial charge in [-0.25, -0.2) is 10.8 Å². The lowest BCUT2D eigenvalue weighted by Crippen LogP contribution is -2.19. The minimum absolute atomic E-state index is 0.319. The predicted octanol–water partition coefficient (Wildman–Crippen LogP) is -0.0287. The number of nitrogens with zero attached hydrogens (tertiary/aromatic N) is 6. The van der Waals surface area contributed by atoms with E-state index in [4.69, 9.17) is 5.84 Å². The van der Waals surface area contributed by atoms with E-state index < -0.39 is 0 Å². The van der Waals surface area contributed by atoms with Gasteiger partial charge in [0.1, 0.15) is 5.82 Å². The summed E-state index contributed by atoms with van der Waals surface area (Å²) in [4.78, 5) is 18.8. The van der Waals surface area contributed by atoms with Gasteiger partial charge in [0, 0.05) is 32.9 Å². The number of aryl methyl sites for hydroxylation is 1. The van der Waals surface area contributed by atoms with Crippen LogP contribution in [0.3, 0.4) is 0 Å². The zero-order chi connectivity index (χ0) is 13.1. The zero-order valence-electron chi connectivity index (χ0n) is 10.6. The molecule has 0 unspecified atom stereocenters. The largest absolute Gasteiger partial charge is 0.347 e. The number of rotatable bonds is 4. The third-order valence-electron chi connectivity index (χ3n) is 2.39. The zero-order valence-corrected chi connectivity index (χ0v) is 10.6. The fourth-order valence-electron chi connectivity index (χ4n) is 1.50. The number of imidazole rings is 1. The molecular weight excluding hydrogens is 232 g/mol. The van der Waals surface area contributed by atoms with Crippen LogP contribution >= 0.6 is 0 Å². The quantitative estimate of drug-likeness (QED) is 0.579. The molecule has 0 saturated heterocycles. The maximum Gasteiger partial charge on any atom is 0.243 e. The summed E-state index contributed by atoms with van der Waals surface area (Å²) < 4.78 is 1.82. The molecule has 8 heteroatoms. The average molecular weight is 248 g/mol. The normalized spacial score (nSPS) is 10.4. The van der Waals surface area contributed by atoms with Crippen molar-refractivity contribution in [2.75, 3.05) is 24.4 Å². The van der Waals surface area contributed by atoms with Crippen LogP contribution in [0.4, 0.5) is 11.9 Å². The summed E-state index contributed by atoms with van der Waals surface area (Å²) >= 11 is 0. The van der Waals surface area contributed by atoms with Crippen molar-refractivity contribution < 1.29 is 0 Å². The van der Waals surface area contributed by atoms with E-state index in [1.807, 2.05) is 31.8 Å². The summed E-state index contributed by atoms with van der Waals surface area (Å²) in [6, 6.07) is 0. The molecule has 0 aliphatic carbocycles. The molecule has 3 N–H and O–H groups in total. The van der Waals surface area contributed by atoms with Crippen LogP contribution in [0.25, 0.3) is 5.95 Å². The first-order chi connectivity index (χ1) is 8.65. The Morgan fingerprint density at radius 2 is 2.11 bits per heavy atom. The van der Waals surface area contributed by atoms with Crippen LogP contribution in [0.2, 0.25) is 0 Å². The van der Waals surface area contributed by atoms with E-state index >= 15 is 0 Å². The Bertz CT molecular complexity index is 532. The second-order valence-electron chi connectivity index (χ2n) is 3.86. The van der Waals surface area contributed by atoms with Crippen molar-refractivity contribution >= 4 is 11.9 Å². The highest BCUT2D eigenvalue weighted by atomic mass is 15.4. The Kier molecular flexibility index (Phi) is 3.38. The Hall–Kier alpha value is -2.22. The predicted molar refractivity (Wildman–Crippen MR) is 68.5 cm³/mol. The second-order valence-corrected chi connectivity index (χ2v) is 3.86. The van der Waals surface area contributed by atoms with E-state index in [1.165, 1.54) is 0 Å². The molecule has 96 valence electrons. The van der Waals surface area contributed by atoms with E-state index in [2.05, 4.69) is 25.4 Å². The van der Waals surface area contributed by atoms with E-state index in [1.54, 1.807) is 11.1 Å². The minimum Gasteiger partial charge on any atom is -0.347 e. The molecule has 2 heterocycles. The van der Waals surface area contributed by atoms with Crippen molar-refractivity contribution in [2.24, 2.45) is 5.84 Å². The van der Waals surface area contributed by atoms with Crippen molar-refractivity contribution in [3.63, 3.8) is 0 Å². The highest BCUT2D eigenvalue weighted by Crippen LogP contribution is 2.12. The van der Waals surface area contributed by atoms with Crippen LogP contribution < -0.4 is 16.2 Å². The van der Waals surface area contributed by atoms with Gasteiger partial charge < -0.3 is 4.90 Å². The van der Waals surface area contributed by atoms with Crippen molar-refractivity contribution in [1.29, 1.82) is 0 Å². The molecule has 0 radical (unpaired) electrons. The highest BCUT2D eigenvalue weighted by Gasteiger charge is 2.11. The Balaban J connectivity index is 2.53. The van der Waals surface area contributed by atoms with Gasteiger partial charge in [-0.1, -0.05) is 6.92 Å². The third-order valence-corrected chi connectivity index (χ3v) is 2.39. The molecule has 0 aromatic carbocycles. The molecule has 0 spiro atoms. The molecule has 18 heavy (non-hydrogen) atoms. The molecule has 2 rings (SSSR count). The number of nitrogens with one attached hydrogen (secondary N) is 1. The van der Waals surface area contributed by atoms with Crippen LogP contribution in [-0.4, -0.2) is 38.6 Å². The average Bonchev–Trinajstić information content (AvgIpc) is 2.86. The van der Waals surface area contributed by atoms with Crippen LogP contribution in [0, 0.1) is 0 Å². The SMILES string of the molecule is CCc1nccn1-c1nc(NN)nc(N(C)C)n1. The maximum atomic E-state index is 5.37. The molecule has 0 atom stereocenters. The standard InChI is InChI=1S/C10H16N8/c1-4-7-12-5-6-18(7)10-14-8(16-11)13-9(15-10)17(2)3/h5-6H,4,11H2,1-3H3,(H,13,14,15,16). The van der Waals surface area contributed by atoms with E-state index in [0.29, 0.717) is 17.8 Å². The molecule has 0 amide bonds. The van der Waals surface area contributed by atoms with E-state index in [9.17, 15) is 0 Å². The Morgan fingerprint density at radius 3 is 2.72 bits per heavy atom. The van der Waals surface area contributed by atoms with Gasteiger partial charge in [0.25, 0.3) is 0 Å². The van der Waals surface area contributed by atoms with E-state index in [0.717, 1.165) is 12.2 Å². The number of nitrogen functional groups attached to an aromatic ring is 1. The number of anilines is 2. The van der Waals surface area contributed by atoms with Gasteiger partial charge >= 0.3 is 0 Å². The van der Waals surface area contributed by atoms with Crippen molar-refractivity contribution in [3.8, 4) is 5.95 Å². The lowest BCUT2D eigenvalue weighted by Gasteiger charge is -2.13. The maximum absolute atomic E-state index is 5.37. The molecule has 0 bridgehead atoms. The van der Waals surface area contributed by atoms with Crippen LogP contribution in [0.15, 0.2) is 12.4 Å². The number of hydrazine groups is 1. The van der Waals surface area contributed by atoms with Gasteiger partial charge in [-0.2, -0.15) is 15.0 Å². The molecule has 2 aromatic heterocycles. The van der Waals surface area contributed by atoms with Gasteiger partial charge in [-0.15, -0.1) is 0 Å². The van der Waals surface area contributed by atoms with Crippen molar-refractivity contribution in [2.45, 2.75) is 13.3 Å². The van der Waals surface area contributed by atoms with Crippen LogP contribution in [-0.2, 0) is 6.42 Å². The van der Waals surface area contributed by atoms with Gasteiger partial charge in [0.2, 0.25) is 17.8 Å². The Morgan fingerprint density at radius 1 is 1.33 bits per heavy atom. The third kappa shape index (κ3) is 2.23. The molecule has 8 nitrogen and oxygen atoms in total. The van der Waals surface area contributed by atoms with Gasteiger partial charge in [0.15, 0.2) is 0 Å². The first-order valence-electron chi connectivity index (χ1n) is 5.58. The fraction of sp³-hybridized carbons (Fsp3) is 0.400. The summed E-state index contributed by atoms with van der Waals surface area (Å²) in [5.41, 5.74) is 2.44. The van der Waals surface area contributed by atoms with Gasteiger partial charge in [-0.05, 0) is 0 Å². The van der Waals surface area contributed by atoms with Crippen molar-refractivity contribution in [1.82, 2.24) is 24.5 Å². The summed E-state index contributed by atoms with van der Waals surface area (Å²) in [7, 11) is 3.71. The summed E-state index contributed by atoms with van der Waals surface area (Å²) in [5.74, 6) is 7.60. The van der Waals surface area contributed by atoms with Gasteiger partial charge in [-0.3, -0.25) is 9.99 Å².